The molecule has 0 fully saturated rings. The highest BCUT2D eigenvalue weighted by molar-refractivity contribution is 6.08. The molecule has 0 bridgehead atoms. The third-order valence-corrected chi connectivity index (χ3v) is 2.12. The fourth-order valence-corrected chi connectivity index (χ4v) is 1.20. The van der Waals surface area contributed by atoms with Crippen LogP contribution >= 0.6 is 0 Å². The van der Waals surface area contributed by atoms with Crippen LogP contribution in [-0.4, -0.2) is 25.5 Å². The summed E-state index contributed by atoms with van der Waals surface area (Å²) in [7, 11) is 1.55. The van der Waals surface area contributed by atoms with Crippen molar-refractivity contribution in [3.63, 3.8) is 0 Å². The fourth-order valence-electron chi connectivity index (χ4n) is 1.20. The predicted molar refractivity (Wildman–Crippen MR) is 63.1 cm³/mol. The van der Waals surface area contributed by atoms with E-state index in [-0.39, 0.29) is 18.0 Å². The van der Waals surface area contributed by atoms with Gasteiger partial charge < -0.3 is 9.47 Å². The van der Waals surface area contributed by atoms with E-state index in [1.54, 1.807) is 31.4 Å². The number of benzene rings is 1. The maximum Gasteiger partial charge on any atom is 0.302 e. The van der Waals surface area contributed by atoms with Gasteiger partial charge in [0.25, 0.3) is 0 Å². The number of ether oxygens (including phenoxy) is 2. The van der Waals surface area contributed by atoms with Crippen molar-refractivity contribution in [1.82, 2.24) is 0 Å². The molecule has 17 heavy (non-hydrogen) atoms. The van der Waals surface area contributed by atoms with Gasteiger partial charge in [0.05, 0.1) is 7.11 Å². The topological polar surface area (TPSA) is 52.6 Å². The summed E-state index contributed by atoms with van der Waals surface area (Å²) in [6, 6.07) is 6.65. The number of hydrogen-bond donors (Lipinski definition) is 0. The molecule has 4 nitrogen and oxygen atoms in total. The van der Waals surface area contributed by atoms with Gasteiger partial charge >= 0.3 is 5.97 Å². The first-order chi connectivity index (χ1) is 8.04. The van der Waals surface area contributed by atoms with E-state index in [1.807, 2.05) is 0 Å². The van der Waals surface area contributed by atoms with Crippen molar-refractivity contribution >= 4 is 11.8 Å². The normalized spacial score (nSPS) is 9.53. The predicted octanol–water partition coefficient (Wildman–Crippen LogP) is 2.00. The van der Waals surface area contributed by atoms with Crippen LogP contribution in [0.2, 0.25) is 0 Å². The van der Waals surface area contributed by atoms with E-state index in [1.165, 1.54) is 6.92 Å². The average molecular weight is 234 g/mol. The first kappa shape index (κ1) is 13.0. The van der Waals surface area contributed by atoms with Gasteiger partial charge in [0.1, 0.15) is 12.4 Å². The Hall–Kier alpha value is -2.10. The van der Waals surface area contributed by atoms with Crippen LogP contribution in [0.3, 0.4) is 0 Å². The number of ketones is 1. The lowest BCUT2D eigenvalue weighted by Gasteiger charge is -2.06. The summed E-state index contributed by atoms with van der Waals surface area (Å²) >= 11 is 0. The summed E-state index contributed by atoms with van der Waals surface area (Å²) in [6.07, 6.45) is 0. The molecule has 4 heteroatoms. The van der Waals surface area contributed by atoms with Gasteiger partial charge in [0.2, 0.25) is 0 Å². The number of esters is 1. The van der Waals surface area contributed by atoms with Gasteiger partial charge in [-0.05, 0) is 24.3 Å². The maximum absolute atomic E-state index is 11.8. The average Bonchev–Trinajstić information content (AvgIpc) is 2.35. The van der Waals surface area contributed by atoms with E-state index >= 15 is 0 Å². The maximum atomic E-state index is 11.8. The molecule has 0 saturated heterocycles. The molecule has 0 amide bonds. The van der Waals surface area contributed by atoms with Crippen molar-refractivity contribution in [1.29, 1.82) is 0 Å². The fraction of sp³-hybridized carbons (Fsp3) is 0.231. The Morgan fingerprint density at radius 1 is 1.24 bits per heavy atom. The lowest BCUT2D eigenvalue weighted by atomic mass is 10.1. The van der Waals surface area contributed by atoms with Gasteiger partial charge in [0, 0.05) is 18.1 Å². The Labute approximate surface area is 99.8 Å². The second kappa shape index (κ2) is 5.84. The van der Waals surface area contributed by atoms with Crippen LogP contribution in [0.15, 0.2) is 36.4 Å². The Kier molecular flexibility index (Phi) is 4.46. The van der Waals surface area contributed by atoms with Crippen molar-refractivity contribution < 1.29 is 19.1 Å². The van der Waals surface area contributed by atoms with Crippen molar-refractivity contribution in [3.8, 4) is 5.75 Å². The zero-order chi connectivity index (χ0) is 12.8. The van der Waals surface area contributed by atoms with E-state index in [4.69, 9.17) is 9.47 Å². The molecule has 1 aromatic carbocycles. The van der Waals surface area contributed by atoms with Crippen LogP contribution in [0.4, 0.5) is 0 Å². The Morgan fingerprint density at radius 2 is 1.82 bits per heavy atom. The number of methoxy groups -OCH3 is 1. The third kappa shape index (κ3) is 3.75. The smallest absolute Gasteiger partial charge is 0.302 e. The number of Topliss-reactive ketones (excluding diaryl/α,β-unsaturated/α-hetero) is 1. The molecule has 0 heterocycles. The molecule has 0 aliphatic heterocycles. The zero-order valence-corrected chi connectivity index (χ0v) is 9.86. The van der Waals surface area contributed by atoms with Crippen molar-refractivity contribution in [2.24, 2.45) is 0 Å². The van der Waals surface area contributed by atoms with Gasteiger partial charge in [-0.1, -0.05) is 6.58 Å². The van der Waals surface area contributed by atoms with Gasteiger partial charge in [-0.3, -0.25) is 9.59 Å². The van der Waals surface area contributed by atoms with Crippen molar-refractivity contribution in [2.45, 2.75) is 6.92 Å². The molecule has 1 aromatic rings. The first-order valence-electron chi connectivity index (χ1n) is 5.04. The molecule has 0 aliphatic carbocycles. The van der Waals surface area contributed by atoms with E-state index in [9.17, 15) is 9.59 Å². The minimum absolute atomic E-state index is 0.0831. The summed E-state index contributed by atoms with van der Waals surface area (Å²) in [5.41, 5.74) is 0.730. The van der Waals surface area contributed by atoms with E-state index < -0.39 is 5.97 Å². The second-order valence-electron chi connectivity index (χ2n) is 3.44. The van der Waals surface area contributed by atoms with Crippen molar-refractivity contribution in [2.75, 3.05) is 13.7 Å². The van der Waals surface area contributed by atoms with Crippen LogP contribution in [0.5, 0.6) is 5.75 Å². The molecule has 1 rings (SSSR count). The lowest BCUT2D eigenvalue weighted by molar-refractivity contribution is -0.139. The first-order valence-corrected chi connectivity index (χ1v) is 5.04. The highest BCUT2D eigenvalue weighted by Gasteiger charge is 2.11. The van der Waals surface area contributed by atoms with Crippen molar-refractivity contribution in [3.05, 3.63) is 42.0 Å². The zero-order valence-electron chi connectivity index (χ0n) is 9.86. The van der Waals surface area contributed by atoms with E-state index in [2.05, 4.69) is 6.58 Å². The number of rotatable bonds is 5. The molecule has 0 aromatic heterocycles. The molecule has 0 spiro atoms. The summed E-state index contributed by atoms with van der Waals surface area (Å²) in [4.78, 5) is 22.4. The van der Waals surface area contributed by atoms with E-state index in [0.717, 1.165) is 0 Å². The minimum atomic E-state index is -0.436. The van der Waals surface area contributed by atoms with Gasteiger partial charge in [0.15, 0.2) is 5.78 Å². The number of carbonyl (C=O) groups excluding carboxylic acids is 2. The monoisotopic (exact) mass is 234 g/mol. The molecule has 0 saturated carbocycles. The quantitative estimate of drug-likeness (QED) is 0.444. The minimum Gasteiger partial charge on any atom is -0.497 e. The highest BCUT2D eigenvalue weighted by Crippen LogP contribution is 2.14. The van der Waals surface area contributed by atoms with Gasteiger partial charge in [-0.2, -0.15) is 0 Å². The third-order valence-electron chi connectivity index (χ3n) is 2.12. The van der Waals surface area contributed by atoms with Crippen LogP contribution in [0.1, 0.15) is 17.3 Å². The van der Waals surface area contributed by atoms with E-state index in [0.29, 0.717) is 11.3 Å². The molecular weight excluding hydrogens is 220 g/mol. The molecular formula is C13H14O4. The Balaban J connectivity index is 2.68. The van der Waals surface area contributed by atoms with Crippen LogP contribution in [0.25, 0.3) is 0 Å². The standard InChI is InChI=1S/C13H14O4/c1-9(8-17-10(2)14)13(15)11-4-6-12(16-3)7-5-11/h4-7H,1,8H2,2-3H3. The second-order valence-corrected chi connectivity index (χ2v) is 3.44. The Bertz CT molecular complexity index is 431. The van der Waals surface area contributed by atoms with Crippen LogP contribution in [0, 0.1) is 0 Å². The van der Waals surface area contributed by atoms with Crippen LogP contribution in [-0.2, 0) is 9.53 Å². The van der Waals surface area contributed by atoms with Gasteiger partial charge in [-0.25, -0.2) is 0 Å². The van der Waals surface area contributed by atoms with Gasteiger partial charge in [-0.15, -0.1) is 0 Å². The van der Waals surface area contributed by atoms with Crippen LogP contribution < -0.4 is 4.74 Å². The molecule has 0 unspecified atom stereocenters. The molecule has 0 N–H and O–H groups in total. The number of carbonyl (C=O) groups is 2. The summed E-state index contributed by atoms with van der Waals surface area (Å²) < 4.78 is 9.69. The molecule has 0 radical (unpaired) electrons. The SMILES string of the molecule is C=C(COC(C)=O)C(=O)c1ccc(OC)cc1. The summed E-state index contributed by atoms with van der Waals surface area (Å²) in [5, 5.41) is 0. The lowest BCUT2D eigenvalue weighted by Crippen LogP contribution is -2.10. The summed E-state index contributed by atoms with van der Waals surface area (Å²) in [5.74, 6) is -0.00488. The largest absolute Gasteiger partial charge is 0.497 e. The Morgan fingerprint density at radius 3 is 2.29 bits per heavy atom. The highest BCUT2D eigenvalue weighted by atomic mass is 16.5. The molecule has 0 aliphatic rings. The molecule has 0 atom stereocenters. The number of hydrogen-bond acceptors (Lipinski definition) is 4. The summed E-state index contributed by atoms with van der Waals surface area (Å²) in [6.45, 7) is 4.79. The molecule has 90 valence electrons.